The molecule has 2 fully saturated rings. The van der Waals surface area contributed by atoms with Gasteiger partial charge in [-0.15, -0.1) is 0 Å². The van der Waals surface area contributed by atoms with E-state index in [4.69, 9.17) is 9.47 Å². The molecule has 2 rings (SSSR count). The van der Waals surface area contributed by atoms with Crippen LogP contribution in [-0.4, -0.2) is 49.7 Å². The molecule has 0 aromatic carbocycles. The van der Waals surface area contributed by atoms with Crippen LogP contribution < -0.4 is 5.32 Å². The highest BCUT2D eigenvalue weighted by Gasteiger charge is 2.22. The Morgan fingerprint density at radius 2 is 1.81 bits per heavy atom. The second-order valence-corrected chi connectivity index (χ2v) is 7.02. The molecular formula is C17H33NO3. The van der Waals surface area contributed by atoms with Crippen LogP contribution in [0.4, 0.5) is 0 Å². The topological polar surface area (TPSA) is 50.7 Å². The zero-order valence-corrected chi connectivity index (χ0v) is 13.7. The summed E-state index contributed by atoms with van der Waals surface area (Å²) in [6.07, 6.45) is 7.05. The molecule has 0 aromatic rings. The molecule has 4 nitrogen and oxygen atoms in total. The van der Waals surface area contributed by atoms with Gasteiger partial charge in [0.2, 0.25) is 0 Å². The van der Waals surface area contributed by atoms with Gasteiger partial charge in [-0.05, 0) is 57.3 Å². The number of aliphatic hydroxyl groups is 1. The number of rotatable bonds is 7. The van der Waals surface area contributed by atoms with Crippen LogP contribution in [0.5, 0.6) is 0 Å². The molecule has 0 aromatic heterocycles. The Morgan fingerprint density at radius 3 is 2.48 bits per heavy atom. The summed E-state index contributed by atoms with van der Waals surface area (Å²) in [6.45, 7) is 7.37. The molecule has 21 heavy (non-hydrogen) atoms. The number of nitrogens with one attached hydrogen (secondary N) is 1. The van der Waals surface area contributed by atoms with Gasteiger partial charge in [0, 0.05) is 25.8 Å². The first kappa shape index (κ1) is 17.2. The Kier molecular flexibility index (Phi) is 7.44. The molecule has 1 aliphatic heterocycles. The predicted molar refractivity (Wildman–Crippen MR) is 84.4 cm³/mol. The van der Waals surface area contributed by atoms with Crippen molar-refractivity contribution in [3.63, 3.8) is 0 Å². The quantitative estimate of drug-likeness (QED) is 0.757. The van der Waals surface area contributed by atoms with Gasteiger partial charge in [0.25, 0.3) is 0 Å². The van der Waals surface area contributed by atoms with E-state index in [1.807, 2.05) is 0 Å². The molecule has 2 N–H and O–H groups in total. The van der Waals surface area contributed by atoms with E-state index >= 15 is 0 Å². The maximum absolute atomic E-state index is 10.1. The predicted octanol–water partition coefficient (Wildman–Crippen LogP) is 2.35. The summed E-state index contributed by atoms with van der Waals surface area (Å²) in [6, 6.07) is 0.444. The first-order valence-electron chi connectivity index (χ1n) is 8.76. The average molecular weight is 299 g/mol. The highest BCUT2D eigenvalue weighted by molar-refractivity contribution is 4.76. The minimum absolute atomic E-state index is 0.365. The molecule has 2 aliphatic rings. The fourth-order valence-electron chi connectivity index (χ4n) is 3.41. The lowest BCUT2D eigenvalue weighted by molar-refractivity contribution is -0.0293. The van der Waals surface area contributed by atoms with Gasteiger partial charge in [-0.1, -0.05) is 6.92 Å². The van der Waals surface area contributed by atoms with Crippen LogP contribution in [0.25, 0.3) is 0 Å². The van der Waals surface area contributed by atoms with Crippen molar-refractivity contribution >= 4 is 0 Å². The summed E-state index contributed by atoms with van der Waals surface area (Å²) in [5, 5.41) is 13.5. The van der Waals surface area contributed by atoms with Crippen LogP contribution in [0.2, 0.25) is 0 Å². The van der Waals surface area contributed by atoms with E-state index in [2.05, 4.69) is 19.2 Å². The molecule has 0 bridgehead atoms. The molecule has 2 atom stereocenters. The normalized spacial score (nSPS) is 31.0. The SMILES string of the molecule is CC1CCC(OCC(O)CNC(C)C2CCOCC2)CC1. The lowest BCUT2D eigenvalue weighted by atomic mass is 9.89. The van der Waals surface area contributed by atoms with Crippen LogP contribution in [0.15, 0.2) is 0 Å². The van der Waals surface area contributed by atoms with Crippen LogP contribution in [0, 0.1) is 11.8 Å². The lowest BCUT2D eigenvalue weighted by Gasteiger charge is -2.30. The fraction of sp³-hybridized carbons (Fsp3) is 1.00. The van der Waals surface area contributed by atoms with Gasteiger partial charge >= 0.3 is 0 Å². The summed E-state index contributed by atoms with van der Waals surface area (Å²) >= 11 is 0. The Morgan fingerprint density at radius 1 is 1.14 bits per heavy atom. The summed E-state index contributed by atoms with van der Waals surface area (Å²) in [7, 11) is 0. The summed E-state index contributed by atoms with van der Waals surface area (Å²) in [4.78, 5) is 0. The largest absolute Gasteiger partial charge is 0.389 e. The highest BCUT2D eigenvalue weighted by Crippen LogP contribution is 2.25. The Hall–Kier alpha value is -0.160. The van der Waals surface area contributed by atoms with Crippen molar-refractivity contribution < 1.29 is 14.6 Å². The molecule has 1 aliphatic carbocycles. The van der Waals surface area contributed by atoms with Gasteiger partial charge < -0.3 is 19.9 Å². The van der Waals surface area contributed by atoms with E-state index in [-0.39, 0.29) is 0 Å². The Labute approximate surface area is 129 Å². The van der Waals surface area contributed by atoms with Crippen LogP contribution in [0.1, 0.15) is 52.4 Å². The van der Waals surface area contributed by atoms with Crippen molar-refractivity contribution in [2.75, 3.05) is 26.4 Å². The van der Waals surface area contributed by atoms with E-state index in [0.29, 0.717) is 31.2 Å². The van der Waals surface area contributed by atoms with Crippen molar-refractivity contribution in [2.24, 2.45) is 11.8 Å². The fourth-order valence-corrected chi connectivity index (χ4v) is 3.41. The summed E-state index contributed by atoms with van der Waals surface area (Å²) in [5.41, 5.74) is 0. The van der Waals surface area contributed by atoms with Crippen LogP contribution >= 0.6 is 0 Å². The van der Waals surface area contributed by atoms with Gasteiger partial charge in [0.1, 0.15) is 0 Å². The maximum atomic E-state index is 10.1. The first-order valence-corrected chi connectivity index (χ1v) is 8.76. The van der Waals surface area contributed by atoms with Crippen molar-refractivity contribution in [3.8, 4) is 0 Å². The van der Waals surface area contributed by atoms with Gasteiger partial charge in [0.15, 0.2) is 0 Å². The molecule has 0 radical (unpaired) electrons. The molecule has 0 amide bonds. The van der Waals surface area contributed by atoms with E-state index < -0.39 is 6.10 Å². The monoisotopic (exact) mass is 299 g/mol. The number of hydrogen-bond acceptors (Lipinski definition) is 4. The van der Waals surface area contributed by atoms with Gasteiger partial charge in [-0.25, -0.2) is 0 Å². The Balaban J connectivity index is 1.55. The average Bonchev–Trinajstić information content (AvgIpc) is 2.53. The lowest BCUT2D eigenvalue weighted by Crippen LogP contribution is -2.42. The molecule has 2 unspecified atom stereocenters. The standard InChI is InChI=1S/C17H33NO3/c1-13-3-5-17(6-4-13)21-12-16(19)11-18-14(2)15-7-9-20-10-8-15/h13-19H,3-12H2,1-2H3. The third-order valence-electron chi connectivity index (χ3n) is 5.14. The van der Waals surface area contributed by atoms with Gasteiger partial charge in [-0.3, -0.25) is 0 Å². The van der Waals surface area contributed by atoms with Gasteiger partial charge in [-0.2, -0.15) is 0 Å². The third-order valence-corrected chi connectivity index (χ3v) is 5.14. The number of hydrogen-bond donors (Lipinski definition) is 2. The summed E-state index contributed by atoms with van der Waals surface area (Å²) in [5.74, 6) is 1.52. The molecule has 4 heteroatoms. The second-order valence-electron chi connectivity index (χ2n) is 7.02. The van der Waals surface area contributed by atoms with Crippen molar-refractivity contribution in [2.45, 2.75) is 70.6 Å². The Bertz CT molecular complexity index is 273. The van der Waals surface area contributed by atoms with Crippen molar-refractivity contribution in [3.05, 3.63) is 0 Å². The zero-order valence-electron chi connectivity index (χ0n) is 13.7. The third kappa shape index (κ3) is 6.23. The maximum Gasteiger partial charge on any atom is 0.0897 e. The minimum atomic E-state index is -0.397. The van der Waals surface area contributed by atoms with Crippen LogP contribution in [-0.2, 0) is 9.47 Å². The molecule has 1 saturated heterocycles. The molecule has 124 valence electrons. The highest BCUT2D eigenvalue weighted by atomic mass is 16.5. The summed E-state index contributed by atoms with van der Waals surface area (Å²) < 4.78 is 11.3. The van der Waals surface area contributed by atoms with Crippen molar-refractivity contribution in [1.82, 2.24) is 5.32 Å². The molecule has 1 heterocycles. The van der Waals surface area contributed by atoms with E-state index in [1.54, 1.807) is 0 Å². The number of aliphatic hydroxyl groups excluding tert-OH is 1. The van der Waals surface area contributed by atoms with Crippen LogP contribution in [0.3, 0.4) is 0 Å². The molecule has 1 saturated carbocycles. The number of ether oxygens (including phenoxy) is 2. The smallest absolute Gasteiger partial charge is 0.0897 e. The van der Waals surface area contributed by atoms with E-state index in [0.717, 1.165) is 44.8 Å². The molecular weight excluding hydrogens is 266 g/mol. The minimum Gasteiger partial charge on any atom is -0.389 e. The van der Waals surface area contributed by atoms with E-state index in [9.17, 15) is 5.11 Å². The van der Waals surface area contributed by atoms with Gasteiger partial charge in [0.05, 0.1) is 18.8 Å². The first-order chi connectivity index (χ1) is 10.1. The zero-order chi connectivity index (χ0) is 15.1. The van der Waals surface area contributed by atoms with Crippen molar-refractivity contribution in [1.29, 1.82) is 0 Å². The van der Waals surface area contributed by atoms with E-state index in [1.165, 1.54) is 12.8 Å². The second kappa shape index (κ2) is 9.09. The molecule has 0 spiro atoms.